The van der Waals surface area contributed by atoms with Crippen LogP contribution in [-0.4, -0.2) is 38.8 Å². The van der Waals surface area contributed by atoms with Crippen LogP contribution in [0.25, 0.3) is 0 Å². The molecule has 0 aromatic heterocycles. The molecule has 1 rings (SSSR count). The number of carbonyl (C=O) groups is 1. The molecule has 1 aromatic carbocycles. The summed E-state index contributed by atoms with van der Waals surface area (Å²) < 4.78 is 24.9. The summed E-state index contributed by atoms with van der Waals surface area (Å²) in [7, 11) is -0.503. The van der Waals surface area contributed by atoms with Gasteiger partial charge in [-0.3, -0.25) is 4.79 Å². The quantitative estimate of drug-likeness (QED) is 0.890. The minimum absolute atomic E-state index is 0.0951. The number of rotatable bonds is 5. The van der Waals surface area contributed by atoms with Gasteiger partial charge in [-0.15, -0.1) is 0 Å². The van der Waals surface area contributed by atoms with Crippen molar-refractivity contribution in [2.45, 2.75) is 31.2 Å². The lowest BCUT2D eigenvalue weighted by Gasteiger charge is -2.13. The van der Waals surface area contributed by atoms with E-state index in [1.807, 2.05) is 13.8 Å². The zero-order chi connectivity index (χ0) is 14.6. The van der Waals surface area contributed by atoms with Crippen LogP contribution < -0.4 is 5.32 Å². The fraction of sp³-hybridized carbons (Fsp3) is 0.462. The molecule has 19 heavy (non-hydrogen) atoms. The van der Waals surface area contributed by atoms with Gasteiger partial charge in [0.15, 0.2) is 0 Å². The van der Waals surface area contributed by atoms with Gasteiger partial charge < -0.3 is 5.32 Å². The summed E-state index contributed by atoms with van der Waals surface area (Å²) in [5.41, 5.74) is 0.456. The van der Waals surface area contributed by atoms with Crippen LogP contribution >= 0.6 is 0 Å². The van der Waals surface area contributed by atoms with Crippen molar-refractivity contribution in [3.63, 3.8) is 0 Å². The lowest BCUT2D eigenvalue weighted by atomic mass is 10.2. The monoisotopic (exact) mass is 284 g/mol. The summed E-state index contributed by atoms with van der Waals surface area (Å²) in [6, 6.07) is 6.03. The maximum Gasteiger partial charge on any atom is 0.251 e. The molecule has 0 bridgehead atoms. The Kier molecular flexibility index (Phi) is 5.08. The highest BCUT2D eigenvalue weighted by Gasteiger charge is 2.17. The highest BCUT2D eigenvalue weighted by molar-refractivity contribution is 7.89. The van der Waals surface area contributed by atoms with E-state index in [0.717, 1.165) is 10.7 Å². The molecule has 0 saturated heterocycles. The number of carbonyl (C=O) groups excluding carboxylic acids is 1. The van der Waals surface area contributed by atoms with Crippen LogP contribution in [0.5, 0.6) is 0 Å². The van der Waals surface area contributed by atoms with Crippen molar-refractivity contribution in [2.24, 2.45) is 0 Å². The summed E-state index contributed by atoms with van der Waals surface area (Å²) >= 11 is 0. The van der Waals surface area contributed by atoms with Gasteiger partial charge in [0.05, 0.1) is 4.90 Å². The molecule has 0 spiro atoms. The Morgan fingerprint density at radius 3 is 2.21 bits per heavy atom. The van der Waals surface area contributed by atoms with E-state index in [0.29, 0.717) is 5.56 Å². The van der Waals surface area contributed by atoms with Crippen LogP contribution in [0, 0.1) is 0 Å². The zero-order valence-corrected chi connectivity index (χ0v) is 12.5. The van der Waals surface area contributed by atoms with Gasteiger partial charge in [0.2, 0.25) is 10.0 Å². The van der Waals surface area contributed by atoms with Crippen LogP contribution in [0.2, 0.25) is 0 Å². The summed E-state index contributed by atoms with van der Waals surface area (Å²) in [6.07, 6.45) is 0.846. The molecule has 106 valence electrons. The fourth-order valence-corrected chi connectivity index (χ4v) is 2.30. The largest absolute Gasteiger partial charge is 0.350 e. The average molecular weight is 284 g/mol. The van der Waals surface area contributed by atoms with Gasteiger partial charge in [0.25, 0.3) is 5.91 Å². The second-order valence-corrected chi connectivity index (χ2v) is 6.75. The minimum Gasteiger partial charge on any atom is -0.350 e. The van der Waals surface area contributed by atoms with Gasteiger partial charge in [-0.2, -0.15) is 0 Å². The third-order valence-electron chi connectivity index (χ3n) is 2.88. The van der Waals surface area contributed by atoms with Crippen LogP contribution in [0.3, 0.4) is 0 Å². The second-order valence-electron chi connectivity index (χ2n) is 4.59. The van der Waals surface area contributed by atoms with Crippen molar-refractivity contribution in [3.05, 3.63) is 29.8 Å². The number of amides is 1. The second kappa shape index (κ2) is 6.16. The van der Waals surface area contributed by atoms with E-state index in [-0.39, 0.29) is 16.8 Å². The topological polar surface area (TPSA) is 66.5 Å². The highest BCUT2D eigenvalue weighted by Crippen LogP contribution is 2.14. The molecule has 0 aliphatic carbocycles. The average Bonchev–Trinajstić information content (AvgIpc) is 2.38. The Balaban J connectivity index is 2.91. The van der Waals surface area contributed by atoms with Crippen molar-refractivity contribution in [1.82, 2.24) is 9.62 Å². The molecule has 1 N–H and O–H groups in total. The standard InChI is InChI=1S/C13H20N2O3S/c1-5-10(2)14-13(16)11-6-8-12(9-7-11)19(17,18)15(3)4/h6-10H,5H2,1-4H3,(H,14,16)/t10-/m1/s1. The molecule has 5 nitrogen and oxygen atoms in total. The Morgan fingerprint density at radius 1 is 1.26 bits per heavy atom. The molecule has 1 aromatic rings. The predicted octanol–water partition coefficient (Wildman–Crippen LogP) is 1.47. The minimum atomic E-state index is -3.45. The Labute approximate surface area is 114 Å². The molecule has 0 saturated carbocycles. The Morgan fingerprint density at radius 2 is 1.79 bits per heavy atom. The van der Waals surface area contributed by atoms with Gasteiger partial charge in [-0.05, 0) is 37.6 Å². The van der Waals surface area contributed by atoms with Crippen molar-refractivity contribution in [3.8, 4) is 0 Å². The third kappa shape index (κ3) is 3.78. The van der Waals surface area contributed by atoms with Crippen molar-refractivity contribution in [1.29, 1.82) is 0 Å². The number of hydrogen-bond acceptors (Lipinski definition) is 3. The molecule has 0 unspecified atom stereocenters. The summed E-state index contributed by atoms with van der Waals surface area (Å²) in [4.78, 5) is 12.0. The molecule has 0 aliphatic heterocycles. The van der Waals surface area contributed by atoms with E-state index in [1.165, 1.54) is 38.4 Å². The maximum absolute atomic E-state index is 11.9. The van der Waals surface area contributed by atoms with Gasteiger partial charge >= 0.3 is 0 Å². The first-order valence-corrected chi connectivity index (χ1v) is 7.56. The molecule has 6 heteroatoms. The number of benzene rings is 1. The molecular weight excluding hydrogens is 264 g/mol. The molecule has 1 amide bonds. The third-order valence-corrected chi connectivity index (χ3v) is 4.71. The highest BCUT2D eigenvalue weighted by atomic mass is 32.2. The number of sulfonamides is 1. The van der Waals surface area contributed by atoms with Gasteiger partial charge in [-0.25, -0.2) is 12.7 Å². The summed E-state index contributed by atoms with van der Waals surface area (Å²) in [5, 5.41) is 2.83. The van der Waals surface area contributed by atoms with Gasteiger partial charge in [-0.1, -0.05) is 6.92 Å². The van der Waals surface area contributed by atoms with Gasteiger partial charge in [0.1, 0.15) is 0 Å². The van der Waals surface area contributed by atoms with E-state index >= 15 is 0 Å². The van der Waals surface area contributed by atoms with Crippen LogP contribution in [0.1, 0.15) is 30.6 Å². The number of nitrogens with zero attached hydrogens (tertiary/aromatic N) is 1. The van der Waals surface area contributed by atoms with Crippen molar-refractivity contribution in [2.75, 3.05) is 14.1 Å². The first-order valence-electron chi connectivity index (χ1n) is 6.12. The smallest absolute Gasteiger partial charge is 0.251 e. The molecular formula is C13H20N2O3S. The lowest BCUT2D eigenvalue weighted by molar-refractivity contribution is 0.0939. The van der Waals surface area contributed by atoms with Crippen LogP contribution in [0.4, 0.5) is 0 Å². The van der Waals surface area contributed by atoms with Crippen LogP contribution in [0.15, 0.2) is 29.2 Å². The first kappa shape index (κ1) is 15.7. The lowest BCUT2D eigenvalue weighted by Crippen LogP contribution is -2.31. The Bertz CT molecular complexity index is 536. The SMILES string of the molecule is CC[C@@H](C)NC(=O)c1ccc(S(=O)(=O)N(C)C)cc1. The Hall–Kier alpha value is -1.40. The molecule has 0 aliphatic rings. The fourth-order valence-electron chi connectivity index (χ4n) is 1.40. The van der Waals surface area contributed by atoms with E-state index in [2.05, 4.69) is 5.32 Å². The van der Waals surface area contributed by atoms with Crippen molar-refractivity contribution < 1.29 is 13.2 Å². The maximum atomic E-state index is 11.9. The number of nitrogens with one attached hydrogen (secondary N) is 1. The molecule has 1 atom stereocenters. The molecule has 0 radical (unpaired) electrons. The summed E-state index contributed by atoms with van der Waals surface area (Å²) in [5.74, 6) is -0.192. The predicted molar refractivity (Wildman–Crippen MR) is 74.5 cm³/mol. The van der Waals surface area contributed by atoms with E-state index in [9.17, 15) is 13.2 Å². The van der Waals surface area contributed by atoms with E-state index in [1.54, 1.807) is 0 Å². The normalized spacial score (nSPS) is 13.3. The molecule has 0 heterocycles. The zero-order valence-electron chi connectivity index (χ0n) is 11.7. The van der Waals surface area contributed by atoms with Gasteiger partial charge in [0, 0.05) is 25.7 Å². The first-order chi connectivity index (χ1) is 8.78. The van der Waals surface area contributed by atoms with Crippen molar-refractivity contribution >= 4 is 15.9 Å². The van der Waals surface area contributed by atoms with E-state index in [4.69, 9.17) is 0 Å². The molecule has 0 fully saturated rings. The summed E-state index contributed by atoms with van der Waals surface area (Å²) in [6.45, 7) is 3.90. The van der Waals surface area contributed by atoms with E-state index < -0.39 is 10.0 Å². The van der Waals surface area contributed by atoms with Crippen LogP contribution in [-0.2, 0) is 10.0 Å². The number of hydrogen-bond donors (Lipinski definition) is 1.